The molecule has 0 aliphatic heterocycles. The zero-order valence-corrected chi connectivity index (χ0v) is 6.48. The highest BCUT2D eigenvalue weighted by molar-refractivity contribution is 7.89. The standard InChI is InChI=1S/C2H7NO.C2H6O2S/c3-1-2-4;1-5(2,3)4/h4H,1-3H2;1-2H3. The van der Waals surface area contributed by atoms with Crippen LogP contribution in [0.5, 0.6) is 0 Å². The van der Waals surface area contributed by atoms with Crippen molar-refractivity contribution in [2.45, 2.75) is 0 Å². The molecule has 0 fully saturated rings. The van der Waals surface area contributed by atoms with Gasteiger partial charge >= 0.3 is 0 Å². The first-order chi connectivity index (χ1) is 3.91. The highest BCUT2D eigenvalue weighted by atomic mass is 32.2. The second-order valence-corrected chi connectivity index (χ2v) is 3.94. The van der Waals surface area contributed by atoms with E-state index >= 15 is 0 Å². The Kier molecular flexibility index (Phi) is 7.76. The number of aliphatic hydroxyl groups is 1. The van der Waals surface area contributed by atoms with Crippen LogP contribution >= 0.6 is 0 Å². The second kappa shape index (κ2) is 6.00. The highest BCUT2D eigenvalue weighted by Gasteiger charge is 1.79. The molecular weight excluding hydrogens is 142 g/mol. The molecule has 0 saturated carbocycles. The van der Waals surface area contributed by atoms with Gasteiger partial charge in [-0.15, -0.1) is 0 Å². The summed E-state index contributed by atoms with van der Waals surface area (Å²) in [7, 11) is -2.67. The monoisotopic (exact) mass is 155 g/mol. The van der Waals surface area contributed by atoms with Gasteiger partial charge in [-0.3, -0.25) is 0 Å². The molecular formula is C4H13NO3S. The van der Waals surface area contributed by atoms with E-state index in [1.165, 1.54) is 0 Å². The maximum Gasteiger partial charge on any atom is 0.144 e. The van der Waals surface area contributed by atoms with Gasteiger partial charge < -0.3 is 10.8 Å². The molecule has 0 unspecified atom stereocenters. The van der Waals surface area contributed by atoms with E-state index in [2.05, 4.69) is 0 Å². The Labute approximate surface area is 55.6 Å². The SMILES string of the molecule is CS(C)(=O)=O.NCCO. The molecule has 9 heavy (non-hydrogen) atoms. The highest BCUT2D eigenvalue weighted by Crippen LogP contribution is 1.61. The maximum absolute atomic E-state index is 9.63. The number of sulfone groups is 1. The third kappa shape index (κ3) is 358. The van der Waals surface area contributed by atoms with E-state index in [0.29, 0.717) is 6.54 Å². The third-order valence-corrected chi connectivity index (χ3v) is 0.129. The molecule has 0 rings (SSSR count). The first kappa shape index (κ1) is 11.6. The third-order valence-electron chi connectivity index (χ3n) is 0.129. The molecule has 0 atom stereocenters. The van der Waals surface area contributed by atoms with Crippen molar-refractivity contribution in [2.24, 2.45) is 5.73 Å². The van der Waals surface area contributed by atoms with Gasteiger partial charge in [-0.05, 0) is 0 Å². The molecule has 0 radical (unpaired) electrons. The van der Waals surface area contributed by atoms with Crippen LogP contribution in [0.15, 0.2) is 0 Å². The predicted molar refractivity (Wildman–Crippen MR) is 36.9 cm³/mol. The Morgan fingerprint density at radius 2 is 1.56 bits per heavy atom. The lowest BCUT2D eigenvalue weighted by molar-refractivity contribution is 0.306. The normalized spacial score (nSPS) is 9.78. The molecule has 0 heterocycles. The van der Waals surface area contributed by atoms with Crippen molar-refractivity contribution in [2.75, 3.05) is 25.7 Å². The Balaban J connectivity index is 0. The van der Waals surface area contributed by atoms with Gasteiger partial charge in [-0.25, -0.2) is 8.42 Å². The molecule has 0 bridgehead atoms. The summed E-state index contributed by atoms with van der Waals surface area (Å²) in [4.78, 5) is 0. The van der Waals surface area contributed by atoms with Crippen molar-refractivity contribution in [1.82, 2.24) is 0 Å². The number of nitrogens with two attached hydrogens (primary N) is 1. The summed E-state index contributed by atoms with van der Waals surface area (Å²) in [6, 6.07) is 0. The first-order valence-electron chi connectivity index (χ1n) is 2.37. The van der Waals surface area contributed by atoms with Crippen LogP contribution in [0.3, 0.4) is 0 Å². The molecule has 0 amide bonds. The number of rotatable bonds is 1. The molecule has 0 spiro atoms. The van der Waals surface area contributed by atoms with Crippen LogP contribution in [-0.2, 0) is 9.84 Å². The average Bonchev–Trinajstić information content (AvgIpc) is 1.61. The Hall–Kier alpha value is -0.130. The van der Waals surface area contributed by atoms with E-state index in [1.807, 2.05) is 0 Å². The van der Waals surface area contributed by atoms with Gasteiger partial charge in [-0.2, -0.15) is 0 Å². The topological polar surface area (TPSA) is 80.4 Å². The Morgan fingerprint density at radius 3 is 1.56 bits per heavy atom. The smallest absolute Gasteiger partial charge is 0.144 e. The van der Waals surface area contributed by atoms with Gasteiger partial charge in [0.05, 0.1) is 6.61 Å². The summed E-state index contributed by atoms with van der Waals surface area (Å²) in [6.07, 6.45) is 2.32. The van der Waals surface area contributed by atoms with E-state index in [4.69, 9.17) is 10.8 Å². The number of aliphatic hydroxyl groups excluding tert-OH is 1. The molecule has 0 aliphatic rings. The van der Waals surface area contributed by atoms with Crippen molar-refractivity contribution in [3.63, 3.8) is 0 Å². The average molecular weight is 155 g/mol. The fraction of sp³-hybridized carbons (Fsp3) is 1.00. The van der Waals surface area contributed by atoms with E-state index < -0.39 is 9.84 Å². The lowest BCUT2D eigenvalue weighted by atomic mass is 10.8. The van der Waals surface area contributed by atoms with Crippen molar-refractivity contribution in [1.29, 1.82) is 0 Å². The summed E-state index contributed by atoms with van der Waals surface area (Å²) in [5.41, 5.74) is 4.78. The molecule has 0 aromatic rings. The van der Waals surface area contributed by atoms with Crippen LogP contribution in [-0.4, -0.2) is 39.2 Å². The molecule has 0 aromatic carbocycles. The van der Waals surface area contributed by atoms with E-state index in [0.717, 1.165) is 12.5 Å². The predicted octanol–water partition coefficient (Wildman–Crippen LogP) is -1.40. The van der Waals surface area contributed by atoms with Crippen molar-refractivity contribution in [3.8, 4) is 0 Å². The van der Waals surface area contributed by atoms with E-state index in [1.54, 1.807) is 0 Å². The summed E-state index contributed by atoms with van der Waals surface area (Å²) >= 11 is 0. The maximum atomic E-state index is 9.63. The van der Waals surface area contributed by atoms with Crippen LogP contribution in [0.1, 0.15) is 0 Å². The molecule has 3 N–H and O–H groups in total. The minimum Gasteiger partial charge on any atom is -0.395 e. The zero-order valence-electron chi connectivity index (χ0n) is 5.66. The minimum atomic E-state index is -2.67. The largest absolute Gasteiger partial charge is 0.395 e. The first-order valence-corrected chi connectivity index (χ1v) is 4.67. The van der Waals surface area contributed by atoms with Crippen molar-refractivity contribution < 1.29 is 13.5 Å². The van der Waals surface area contributed by atoms with Crippen molar-refractivity contribution in [3.05, 3.63) is 0 Å². The van der Waals surface area contributed by atoms with E-state index in [-0.39, 0.29) is 6.61 Å². The van der Waals surface area contributed by atoms with Crippen LogP contribution in [0, 0.1) is 0 Å². The lowest BCUT2D eigenvalue weighted by Crippen LogP contribution is -2.02. The Bertz CT molecular complexity index is 119. The number of hydrogen-bond acceptors (Lipinski definition) is 4. The van der Waals surface area contributed by atoms with Gasteiger partial charge in [0.2, 0.25) is 0 Å². The quantitative estimate of drug-likeness (QED) is 0.488. The molecule has 58 valence electrons. The fourth-order valence-electron chi connectivity index (χ4n) is 0. The van der Waals surface area contributed by atoms with Gasteiger partial charge in [0.1, 0.15) is 9.84 Å². The zero-order chi connectivity index (χ0) is 7.91. The van der Waals surface area contributed by atoms with Gasteiger partial charge in [-0.1, -0.05) is 0 Å². The summed E-state index contributed by atoms with van der Waals surface area (Å²) in [5, 5.41) is 7.75. The van der Waals surface area contributed by atoms with Gasteiger partial charge in [0, 0.05) is 19.1 Å². The Morgan fingerprint density at radius 1 is 1.44 bits per heavy atom. The number of hydrogen-bond donors (Lipinski definition) is 2. The summed E-state index contributed by atoms with van der Waals surface area (Å²) < 4.78 is 19.3. The molecule has 5 heteroatoms. The summed E-state index contributed by atoms with van der Waals surface area (Å²) in [6.45, 7) is 0.472. The van der Waals surface area contributed by atoms with Gasteiger partial charge in [0.25, 0.3) is 0 Å². The van der Waals surface area contributed by atoms with Crippen LogP contribution in [0.25, 0.3) is 0 Å². The van der Waals surface area contributed by atoms with E-state index in [9.17, 15) is 8.42 Å². The fourth-order valence-corrected chi connectivity index (χ4v) is 0. The lowest BCUT2D eigenvalue weighted by Gasteiger charge is -1.71. The van der Waals surface area contributed by atoms with Crippen molar-refractivity contribution >= 4 is 9.84 Å². The second-order valence-electron chi connectivity index (χ2n) is 1.66. The molecule has 0 aromatic heterocycles. The molecule has 0 aliphatic carbocycles. The summed E-state index contributed by atoms with van der Waals surface area (Å²) in [5.74, 6) is 0. The minimum absolute atomic E-state index is 0.0972. The van der Waals surface area contributed by atoms with Crippen LogP contribution < -0.4 is 5.73 Å². The molecule has 0 saturated heterocycles. The molecule has 4 nitrogen and oxygen atoms in total. The van der Waals surface area contributed by atoms with Crippen LogP contribution in [0.4, 0.5) is 0 Å². The van der Waals surface area contributed by atoms with Crippen LogP contribution in [0.2, 0.25) is 0 Å². The van der Waals surface area contributed by atoms with Gasteiger partial charge in [0.15, 0.2) is 0 Å².